The minimum Gasteiger partial charge on any atom is -0.494 e. The smallest absolute Gasteiger partial charge is 0.231 e. The van der Waals surface area contributed by atoms with Crippen molar-refractivity contribution in [3.8, 4) is 11.5 Å². The predicted octanol–water partition coefficient (Wildman–Crippen LogP) is 11.0. The molecule has 0 aliphatic carbocycles. The molecule has 2 aromatic heterocycles. The summed E-state index contributed by atoms with van der Waals surface area (Å²) in [6, 6.07) is 22.4. The van der Waals surface area contributed by atoms with Crippen LogP contribution in [0, 0.1) is 38.2 Å². The summed E-state index contributed by atoms with van der Waals surface area (Å²) in [5, 5.41) is 13.2. The van der Waals surface area contributed by atoms with Crippen LogP contribution in [0.5, 0.6) is 11.5 Å². The van der Waals surface area contributed by atoms with Gasteiger partial charge in [-0.2, -0.15) is 19.9 Å². The van der Waals surface area contributed by atoms with Crippen molar-refractivity contribution in [2.24, 2.45) is 0 Å². The van der Waals surface area contributed by atoms with Crippen LogP contribution < -0.4 is 40.5 Å². The lowest BCUT2D eigenvalue weighted by atomic mass is 9.85. The second kappa shape index (κ2) is 18.5. The summed E-state index contributed by atoms with van der Waals surface area (Å²) in [5.74, 6) is 2.55. The predicted molar refractivity (Wildman–Crippen MR) is 240 cm³/mol. The number of methoxy groups -OCH3 is 2. The fourth-order valence-electron chi connectivity index (χ4n) is 8.15. The number of nitrogens with zero attached hydrogens (tertiary/aromatic N) is 6. The van der Waals surface area contributed by atoms with Crippen molar-refractivity contribution in [3.05, 3.63) is 119 Å². The highest BCUT2D eigenvalue weighted by Crippen LogP contribution is 2.37. The highest BCUT2D eigenvalue weighted by atomic mass is 19.1. The number of rotatable bonds is 13. The molecule has 2 fully saturated rings. The second-order valence-corrected chi connectivity index (χ2v) is 15.8. The molecule has 0 radical (unpaired) electrons. The summed E-state index contributed by atoms with van der Waals surface area (Å²) < 4.78 is 53.9. The number of benzene rings is 4. The highest BCUT2D eigenvalue weighted by molar-refractivity contribution is 5.69. The van der Waals surface area contributed by atoms with Crippen LogP contribution in [0.2, 0.25) is 0 Å². The Morgan fingerprint density at radius 1 is 0.548 bits per heavy atom. The lowest BCUT2D eigenvalue weighted by Gasteiger charge is -2.34. The fourth-order valence-corrected chi connectivity index (χ4v) is 8.15. The van der Waals surface area contributed by atoms with Gasteiger partial charge in [0.05, 0.1) is 14.2 Å². The molecule has 0 unspecified atom stereocenters. The Kier molecular flexibility index (Phi) is 12.5. The largest absolute Gasteiger partial charge is 0.494 e. The third kappa shape index (κ3) is 9.56. The molecule has 0 saturated carbocycles. The Morgan fingerprint density at radius 3 is 1.65 bits per heavy atom. The molecule has 0 amide bonds. The summed E-state index contributed by atoms with van der Waals surface area (Å²) in [4.78, 5) is 23.7. The van der Waals surface area contributed by atoms with Gasteiger partial charge in [0, 0.05) is 78.8 Å². The zero-order chi connectivity index (χ0) is 43.3. The van der Waals surface area contributed by atoms with Crippen LogP contribution in [0.25, 0.3) is 0 Å². The van der Waals surface area contributed by atoms with E-state index < -0.39 is 11.6 Å². The number of hydrogen-bond donors (Lipinski definition) is 4. The van der Waals surface area contributed by atoms with Gasteiger partial charge < -0.3 is 40.5 Å². The van der Waals surface area contributed by atoms with Gasteiger partial charge in [0.25, 0.3) is 0 Å². The van der Waals surface area contributed by atoms with Gasteiger partial charge in [0.2, 0.25) is 11.9 Å². The standard InChI is InChI=1S/C47H51F3N10O2/c1-28-23-39(54-43-27-44(59-18-7-6-8-19-59)57-47(56-43)52-33-13-15-41(62-5)37(50)25-33)29(2)22-34(28)31-16-20-60(21-17-31)45-26-42(53-38-11-9-10-35(48)30(38)3)55-46(58-45)51-32-12-14-40(61-4)36(49)24-32/h9-15,22-27,31H,6-8,16-21H2,1-5H3,(H2,51,53,55,58)(H2,52,54,56,57). The minimum absolute atomic E-state index is 0.133. The van der Waals surface area contributed by atoms with Crippen LogP contribution in [0.15, 0.2) is 78.9 Å². The average molecular weight is 845 g/mol. The van der Waals surface area contributed by atoms with Crippen molar-refractivity contribution in [3.63, 3.8) is 0 Å². The number of piperidine rings is 2. The monoisotopic (exact) mass is 844 g/mol. The highest BCUT2D eigenvalue weighted by Gasteiger charge is 2.25. The van der Waals surface area contributed by atoms with Gasteiger partial charge in [-0.15, -0.1) is 0 Å². The van der Waals surface area contributed by atoms with Crippen molar-refractivity contribution in [2.75, 3.05) is 71.5 Å². The lowest BCUT2D eigenvalue weighted by molar-refractivity contribution is 0.386. The fraction of sp³-hybridized carbons (Fsp3) is 0.319. The van der Waals surface area contributed by atoms with E-state index in [0.717, 1.165) is 68.9 Å². The molecule has 0 bridgehead atoms. The maximum atomic E-state index is 14.6. The zero-order valence-corrected chi connectivity index (χ0v) is 35.6. The van der Waals surface area contributed by atoms with Crippen LogP contribution in [-0.4, -0.2) is 60.3 Å². The summed E-state index contributed by atoms with van der Waals surface area (Å²) in [5.41, 5.74) is 6.53. The Labute approximate surface area is 360 Å². The number of halogens is 3. The van der Waals surface area contributed by atoms with E-state index in [1.807, 2.05) is 12.1 Å². The Bertz CT molecular complexity index is 2560. The van der Waals surface area contributed by atoms with Gasteiger partial charge in [-0.3, -0.25) is 0 Å². The minimum atomic E-state index is -0.513. The van der Waals surface area contributed by atoms with Crippen LogP contribution in [0.3, 0.4) is 0 Å². The Hall–Kier alpha value is -6.77. The van der Waals surface area contributed by atoms with Crippen molar-refractivity contribution in [1.82, 2.24) is 19.9 Å². The maximum absolute atomic E-state index is 14.6. The van der Waals surface area contributed by atoms with E-state index in [1.165, 1.54) is 50.0 Å². The lowest BCUT2D eigenvalue weighted by Crippen LogP contribution is -2.34. The average Bonchev–Trinajstić information content (AvgIpc) is 3.27. The Morgan fingerprint density at radius 2 is 1.10 bits per heavy atom. The molecular formula is C47H51F3N10O2. The number of nitrogens with one attached hydrogen (secondary N) is 4. The SMILES string of the molecule is COc1ccc(Nc2nc(Nc3cc(C)c(C4CCN(c5cc(Nc6cccc(F)c6C)nc(Nc6ccc(OC)c(F)c6)n5)CC4)cc3C)cc(N3CCCCC3)n2)cc1F. The van der Waals surface area contributed by atoms with Crippen molar-refractivity contribution >= 4 is 57.9 Å². The molecule has 15 heteroatoms. The summed E-state index contributed by atoms with van der Waals surface area (Å²) in [7, 11) is 2.85. The van der Waals surface area contributed by atoms with Crippen LogP contribution in [0.1, 0.15) is 60.3 Å². The van der Waals surface area contributed by atoms with Gasteiger partial charge >= 0.3 is 0 Å². The molecule has 0 atom stereocenters. The van der Waals surface area contributed by atoms with E-state index in [2.05, 4.69) is 62.0 Å². The van der Waals surface area contributed by atoms with Crippen LogP contribution in [0.4, 0.5) is 71.1 Å². The van der Waals surface area contributed by atoms with Crippen molar-refractivity contribution in [2.45, 2.75) is 58.8 Å². The number of anilines is 10. The number of ether oxygens (including phenoxy) is 2. The Balaban J connectivity index is 1.00. The first-order valence-electron chi connectivity index (χ1n) is 20.9. The number of aryl methyl sites for hydroxylation is 2. The quantitative estimate of drug-likeness (QED) is 0.0884. The molecule has 6 aromatic rings. The van der Waals surface area contributed by atoms with Crippen LogP contribution in [-0.2, 0) is 0 Å². The molecule has 12 nitrogen and oxygen atoms in total. The molecule has 0 spiro atoms. The molecule has 2 aliphatic heterocycles. The van der Waals surface area contributed by atoms with Gasteiger partial charge in [0.1, 0.15) is 29.1 Å². The molecule has 2 saturated heterocycles. The van der Waals surface area contributed by atoms with E-state index in [1.54, 1.807) is 43.3 Å². The van der Waals surface area contributed by atoms with Crippen molar-refractivity contribution in [1.29, 1.82) is 0 Å². The summed E-state index contributed by atoms with van der Waals surface area (Å²) in [6.07, 6.45) is 5.16. The third-order valence-corrected chi connectivity index (χ3v) is 11.6. The second-order valence-electron chi connectivity index (χ2n) is 15.8. The normalized spacial score (nSPS) is 14.4. The van der Waals surface area contributed by atoms with E-state index in [9.17, 15) is 13.2 Å². The van der Waals surface area contributed by atoms with E-state index in [-0.39, 0.29) is 23.3 Å². The summed E-state index contributed by atoms with van der Waals surface area (Å²) in [6.45, 7) is 9.25. The van der Waals surface area contributed by atoms with Gasteiger partial charge in [-0.05, 0) is 118 Å². The zero-order valence-electron chi connectivity index (χ0n) is 35.6. The van der Waals surface area contributed by atoms with E-state index in [4.69, 9.17) is 24.4 Å². The molecule has 322 valence electrons. The van der Waals surface area contributed by atoms with Gasteiger partial charge in [0.15, 0.2) is 23.1 Å². The van der Waals surface area contributed by atoms with E-state index >= 15 is 0 Å². The molecule has 2 aliphatic rings. The molecule has 62 heavy (non-hydrogen) atoms. The van der Waals surface area contributed by atoms with E-state index in [0.29, 0.717) is 51.9 Å². The molecule has 4 aromatic carbocycles. The summed E-state index contributed by atoms with van der Waals surface area (Å²) >= 11 is 0. The first kappa shape index (κ1) is 41.9. The van der Waals surface area contributed by atoms with Gasteiger partial charge in [-0.1, -0.05) is 12.1 Å². The molecule has 4 heterocycles. The maximum Gasteiger partial charge on any atom is 0.231 e. The third-order valence-electron chi connectivity index (χ3n) is 11.6. The first-order chi connectivity index (χ1) is 30.0. The number of aromatic nitrogens is 4. The topological polar surface area (TPSA) is 125 Å². The molecule has 8 rings (SSSR count). The van der Waals surface area contributed by atoms with Crippen LogP contribution >= 0.6 is 0 Å². The van der Waals surface area contributed by atoms with Crippen molar-refractivity contribution < 1.29 is 22.6 Å². The first-order valence-corrected chi connectivity index (χ1v) is 20.9. The number of hydrogen-bond acceptors (Lipinski definition) is 12. The molecular weight excluding hydrogens is 794 g/mol. The molecule has 4 N–H and O–H groups in total. The van der Waals surface area contributed by atoms with Gasteiger partial charge in [-0.25, -0.2) is 13.2 Å².